The summed E-state index contributed by atoms with van der Waals surface area (Å²) >= 11 is 0. The van der Waals surface area contributed by atoms with Crippen LogP contribution in [0.2, 0.25) is 0 Å². The van der Waals surface area contributed by atoms with Gasteiger partial charge in [-0.25, -0.2) is 4.79 Å². The number of carboxylic acid groups (broad SMARTS) is 1. The number of hydrogen-bond acceptors (Lipinski definition) is 3. The Morgan fingerprint density at radius 1 is 1.17 bits per heavy atom. The SMILES string of the molecule is CC(C)C(C(=O)O)N1C(=O)[C@H]2CCCC[C@H]2C1=O. The third-order valence-corrected chi connectivity index (χ3v) is 4.04. The molecule has 1 saturated carbocycles. The molecule has 0 aromatic carbocycles. The second-order valence-corrected chi connectivity index (χ2v) is 5.57. The van der Waals surface area contributed by atoms with Gasteiger partial charge in [0.25, 0.3) is 0 Å². The van der Waals surface area contributed by atoms with E-state index in [-0.39, 0.29) is 29.6 Å². The maximum absolute atomic E-state index is 12.2. The molecule has 0 bridgehead atoms. The Morgan fingerprint density at radius 2 is 1.61 bits per heavy atom. The third-order valence-electron chi connectivity index (χ3n) is 4.04. The van der Waals surface area contributed by atoms with E-state index in [0.717, 1.165) is 30.6 Å². The molecule has 2 amide bonds. The fraction of sp³-hybridized carbons (Fsp3) is 0.769. The van der Waals surface area contributed by atoms with E-state index in [1.165, 1.54) is 0 Å². The molecule has 3 atom stereocenters. The highest BCUT2D eigenvalue weighted by atomic mass is 16.4. The van der Waals surface area contributed by atoms with E-state index in [1.54, 1.807) is 13.8 Å². The first-order chi connectivity index (χ1) is 8.45. The molecule has 1 heterocycles. The van der Waals surface area contributed by atoms with Gasteiger partial charge in [-0.1, -0.05) is 26.7 Å². The van der Waals surface area contributed by atoms with Gasteiger partial charge in [-0.05, 0) is 18.8 Å². The Hall–Kier alpha value is -1.39. The zero-order valence-electron chi connectivity index (χ0n) is 10.8. The lowest BCUT2D eigenvalue weighted by Gasteiger charge is -2.26. The van der Waals surface area contributed by atoms with Crippen LogP contribution in [0.25, 0.3) is 0 Å². The number of hydrogen-bond donors (Lipinski definition) is 1. The number of amides is 2. The first kappa shape index (κ1) is 13.1. The van der Waals surface area contributed by atoms with E-state index in [2.05, 4.69) is 0 Å². The Labute approximate surface area is 106 Å². The number of imide groups is 1. The van der Waals surface area contributed by atoms with Gasteiger partial charge in [-0.15, -0.1) is 0 Å². The Morgan fingerprint density at radius 3 is 1.94 bits per heavy atom. The zero-order chi connectivity index (χ0) is 13.4. The van der Waals surface area contributed by atoms with Crippen LogP contribution < -0.4 is 0 Å². The van der Waals surface area contributed by atoms with Gasteiger partial charge in [0.05, 0.1) is 11.8 Å². The van der Waals surface area contributed by atoms with Crippen LogP contribution in [0.4, 0.5) is 0 Å². The topological polar surface area (TPSA) is 74.7 Å². The molecule has 2 aliphatic rings. The summed E-state index contributed by atoms with van der Waals surface area (Å²) in [5.74, 6) is -2.45. The van der Waals surface area contributed by atoms with Crippen molar-refractivity contribution in [3.63, 3.8) is 0 Å². The number of carboxylic acids is 1. The van der Waals surface area contributed by atoms with E-state index in [4.69, 9.17) is 0 Å². The van der Waals surface area contributed by atoms with Gasteiger partial charge in [0, 0.05) is 0 Å². The highest BCUT2D eigenvalue weighted by Crippen LogP contribution is 2.39. The van der Waals surface area contributed by atoms with Crippen LogP contribution >= 0.6 is 0 Å². The first-order valence-corrected chi connectivity index (χ1v) is 6.55. The van der Waals surface area contributed by atoms with E-state index in [9.17, 15) is 19.5 Å². The van der Waals surface area contributed by atoms with Crippen molar-refractivity contribution in [3.8, 4) is 0 Å². The molecule has 18 heavy (non-hydrogen) atoms. The van der Waals surface area contributed by atoms with Crippen molar-refractivity contribution in [2.75, 3.05) is 0 Å². The molecule has 0 spiro atoms. The molecular formula is C13H19NO4. The predicted molar refractivity (Wildman–Crippen MR) is 63.6 cm³/mol. The smallest absolute Gasteiger partial charge is 0.327 e. The van der Waals surface area contributed by atoms with E-state index in [1.807, 2.05) is 0 Å². The lowest BCUT2D eigenvalue weighted by molar-refractivity contribution is -0.157. The molecule has 1 aliphatic carbocycles. The van der Waals surface area contributed by atoms with Crippen molar-refractivity contribution in [3.05, 3.63) is 0 Å². The van der Waals surface area contributed by atoms with Crippen LogP contribution in [0, 0.1) is 17.8 Å². The van der Waals surface area contributed by atoms with Gasteiger partial charge < -0.3 is 5.11 Å². The Balaban J connectivity index is 2.30. The van der Waals surface area contributed by atoms with Crippen LogP contribution in [0.15, 0.2) is 0 Å². The van der Waals surface area contributed by atoms with Crippen LogP contribution in [-0.2, 0) is 14.4 Å². The van der Waals surface area contributed by atoms with Crippen molar-refractivity contribution < 1.29 is 19.5 Å². The fourth-order valence-corrected chi connectivity index (χ4v) is 3.16. The fourth-order valence-electron chi connectivity index (χ4n) is 3.16. The average molecular weight is 253 g/mol. The number of carbonyl (C=O) groups is 3. The number of aliphatic carboxylic acids is 1. The highest BCUT2D eigenvalue weighted by molar-refractivity contribution is 6.07. The van der Waals surface area contributed by atoms with Gasteiger partial charge in [0.15, 0.2) is 0 Å². The van der Waals surface area contributed by atoms with Crippen molar-refractivity contribution in [2.24, 2.45) is 17.8 Å². The number of nitrogens with zero attached hydrogens (tertiary/aromatic N) is 1. The van der Waals surface area contributed by atoms with Gasteiger partial charge in [-0.2, -0.15) is 0 Å². The molecule has 1 N–H and O–H groups in total. The lowest BCUT2D eigenvalue weighted by Crippen LogP contribution is -2.48. The summed E-state index contributed by atoms with van der Waals surface area (Å²) in [7, 11) is 0. The number of rotatable bonds is 3. The molecule has 0 aromatic heterocycles. The van der Waals surface area contributed by atoms with Crippen molar-refractivity contribution >= 4 is 17.8 Å². The Kier molecular flexibility index (Phi) is 3.41. The van der Waals surface area contributed by atoms with Crippen LogP contribution in [0.3, 0.4) is 0 Å². The average Bonchev–Trinajstić information content (AvgIpc) is 2.55. The van der Waals surface area contributed by atoms with Crippen LogP contribution in [0.5, 0.6) is 0 Å². The highest BCUT2D eigenvalue weighted by Gasteiger charge is 2.52. The van der Waals surface area contributed by atoms with Crippen LogP contribution in [-0.4, -0.2) is 33.8 Å². The third kappa shape index (κ3) is 1.91. The van der Waals surface area contributed by atoms with Crippen molar-refractivity contribution in [1.29, 1.82) is 0 Å². The molecular weight excluding hydrogens is 234 g/mol. The Bertz CT molecular complexity index is 366. The van der Waals surface area contributed by atoms with E-state index in [0.29, 0.717) is 0 Å². The summed E-state index contributed by atoms with van der Waals surface area (Å²) in [6.07, 6.45) is 3.34. The second kappa shape index (κ2) is 4.71. The maximum atomic E-state index is 12.2. The van der Waals surface area contributed by atoms with E-state index >= 15 is 0 Å². The number of fused-ring (bicyclic) bond motifs is 1. The van der Waals surface area contributed by atoms with Crippen LogP contribution in [0.1, 0.15) is 39.5 Å². The number of carbonyl (C=O) groups excluding carboxylic acids is 2. The first-order valence-electron chi connectivity index (χ1n) is 6.55. The summed E-state index contributed by atoms with van der Waals surface area (Å²) in [6, 6.07) is -1.02. The van der Waals surface area contributed by atoms with E-state index < -0.39 is 12.0 Å². The molecule has 0 aromatic rings. The molecule has 5 heteroatoms. The summed E-state index contributed by atoms with van der Waals surface area (Å²) in [5, 5.41) is 9.23. The summed E-state index contributed by atoms with van der Waals surface area (Å²) < 4.78 is 0. The minimum absolute atomic E-state index is 0.268. The summed E-state index contributed by atoms with van der Waals surface area (Å²) in [6.45, 7) is 3.45. The molecule has 0 radical (unpaired) electrons. The van der Waals surface area contributed by atoms with Gasteiger partial charge in [0.2, 0.25) is 11.8 Å². The minimum atomic E-state index is -1.09. The maximum Gasteiger partial charge on any atom is 0.327 e. The molecule has 2 rings (SSSR count). The standard InChI is InChI=1S/C13H19NO4/c1-7(2)10(13(17)18)14-11(15)8-5-3-4-6-9(8)12(14)16/h7-10H,3-6H2,1-2H3,(H,17,18)/t8-,9+,10?. The minimum Gasteiger partial charge on any atom is -0.480 e. The molecule has 2 fully saturated rings. The van der Waals surface area contributed by atoms with Gasteiger partial charge in [0.1, 0.15) is 6.04 Å². The summed E-state index contributed by atoms with van der Waals surface area (Å²) in [4.78, 5) is 36.8. The quantitative estimate of drug-likeness (QED) is 0.769. The lowest BCUT2D eigenvalue weighted by atomic mass is 9.81. The van der Waals surface area contributed by atoms with Gasteiger partial charge in [-0.3, -0.25) is 14.5 Å². The summed E-state index contributed by atoms with van der Waals surface area (Å²) in [5.41, 5.74) is 0. The molecule has 1 saturated heterocycles. The molecule has 5 nitrogen and oxygen atoms in total. The largest absolute Gasteiger partial charge is 0.480 e. The monoisotopic (exact) mass is 253 g/mol. The van der Waals surface area contributed by atoms with Crippen molar-refractivity contribution in [1.82, 2.24) is 4.90 Å². The van der Waals surface area contributed by atoms with Crippen molar-refractivity contribution in [2.45, 2.75) is 45.6 Å². The second-order valence-electron chi connectivity index (χ2n) is 5.57. The molecule has 1 aliphatic heterocycles. The predicted octanol–water partition coefficient (Wildman–Crippen LogP) is 1.27. The zero-order valence-corrected chi connectivity index (χ0v) is 10.8. The normalized spacial score (nSPS) is 29.6. The number of likely N-dealkylation sites (tertiary alicyclic amines) is 1. The molecule has 1 unspecified atom stereocenters. The molecule has 100 valence electrons. The van der Waals surface area contributed by atoms with Gasteiger partial charge >= 0.3 is 5.97 Å².